The van der Waals surface area contributed by atoms with Crippen molar-refractivity contribution in [2.24, 2.45) is 0 Å². The van der Waals surface area contributed by atoms with Crippen LogP contribution in [0.1, 0.15) is 30.1 Å². The molecule has 0 bridgehead atoms. The molecule has 2 aromatic carbocycles. The van der Waals surface area contributed by atoms with Gasteiger partial charge in [-0.25, -0.2) is 5.01 Å². The third-order valence-electron chi connectivity index (χ3n) is 3.99. The summed E-state index contributed by atoms with van der Waals surface area (Å²) in [6, 6.07) is 14.6. The number of amides is 2. The molecule has 2 amide bonds. The van der Waals surface area contributed by atoms with Gasteiger partial charge in [0.05, 0.1) is 5.56 Å². The second kappa shape index (κ2) is 8.23. The highest BCUT2D eigenvalue weighted by atomic mass is 79.9. The number of carbonyl (C=O) groups is 2. The Bertz CT molecular complexity index is 798. The number of hydrogen-bond donors (Lipinski definition) is 2. The van der Waals surface area contributed by atoms with Gasteiger partial charge >= 0.3 is 0 Å². The van der Waals surface area contributed by atoms with Crippen LogP contribution in [0, 0.1) is 0 Å². The van der Waals surface area contributed by atoms with Gasteiger partial charge in [0, 0.05) is 10.2 Å². The molecule has 1 unspecified atom stereocenters. The highest BCUT2D eigenvalue weighted by Crippen LogP contribution is 2.28. The number of benzene rings is 2. The Hall–Kier alpha value is -2.54. The van der Waals surface area contributed by atoms with E-state index in [1.807, 2.05) is 37.3 Å². The number of carbonyl (C=O) groups excluding carboxylic acids is 2. The number of hydrogen-bond acceptors (Lipinski definition) is 4. The normalized spacial score (nSPS) is 15.8. The largest absolute Gasteiger partial charge is 0.484 e. The fraction of sp³-hybridized carbons (Fsp3) is 0.263. The predicted molar refractivity (Wildman–Crippen MR) is 103 cm³/mol. The molecule has 136 valence electrons. The van der Waals surface area contributed by atoms with Crippen molar-refractivity contribution in [2.45, 2.75) is 25.9 Å². The van der Waals surface area contributed by atoms with E-state index in [0.29, 0.717) is 17.7 Å². The molecule has 0 aromatic heterocycles. The number of halogens is 1. The summed E-state index contributed by atoms with van der Waals surface area (Å²) in [7, 11) is 0. The molecule has 1 atom stereocenters. The zero-order chi connectivity index (χ0) is 18.5. The number of anilines is 1. The molecule has 0 radical (unpaired) electrons. The monoisotopic (exact) mass is 417 g/mol. The molecule has 0 saturated heterocycles. The van der Waals surface area contributed by atoms with Crippen molar-refractivity contribution in [2.75, 3.05) is 11.9 Å². The summed E-state index contributed by atoms with van der Waals surface area (Å²) in [6.07, 6.45) is 1.27. The van der Waals surface area contributed by atoms with E-state index < -0.39 is 0 Å². The molecule has 0 fully saturated rings. The maximum absolute atomic E-state index is 12.9. The zero-order valence-electron chi connectivity index (χ0n) is 14.4. The van der Waals surface area contributed by atoms with Gasteiger partial charge in [0.15, 0.2) is 6.61 Å². The quantitative estimate of drug-likeness (QED) is 0.753. The van der Waals surface area contributed by atoms with Crippen LogP contribution >= 0.6 is 15.9 Å². The van der Waals surface area contributed by atoms with E-state index in [0.717, 1.165) is 16.6 Å². The van der Waals surface area contributed by atoms with Crippen molar-refractivity contribution in [3.63, 3.8) is 0 Å². The van der Waals surface area contributed by atoms with Crippen LogP contribution in [-0.4, -0.2) is 29.6 Å². The molecule has 1 aliphatic rings. The van der Waals surface area contributed by atoms with Crippen molar-refractivity contribution in [3.8, 4) is 5.75 Å². The molecule has 1 aliphatic heterocycles. The van der Waals surface area contributed by atoms with Crippen LogP contribution in [0.5, 0.6) is 5.75 Å². The second-order valence-electron chi connectivity index (χ2n) is 5.95. The number of nitrogens with one attached hydrogen (secondary N) is 2. The molecular formula is C19H20BrN3O3. The van der Waals surface area contributed by atoms with Crippen molar-refractivity contribution in [3.05, 3.63) is 58.6 Å². The summed E-state index contributed by atoms with van der Waals surface area (Å²) in [4.78, 5) is 25.2. The number of ether oxygens (including phenoxy) is 1. The molecular weight excluding hydrogens is 398 g/mol. The summed E-state index contributed by atoms with van der Waals surface area (Å²) in [5, 5.41) is 4.67. The van der Waals surface area contributed by atoms with E-state index in [1.165, 1.54) is 5.01 Å². The number of nitrogens with zero attached hydrogens (tertiary/aromatic N) is 1. The SMILES string of the molecule is CCCC1Nc2ccc(Br)cc2C(=O)N1NC(=O)COc1ccccc1. The minimum absolute atomic E-state index is 0.169. The fourth-order valence-corrected chi connectivity index (χ4v) is 3.13. The summed E-state index contributed by atoms with van der Waals surface area (Å²) in [5.74, 6) is -0.0276. The first-order chi connectivity index (χ1) is 12.6. The maximum atomic E-state index is 12.9. The molecule has 7 heteroatoms. The Morgan fingerprint density at radius 3 is 2.77 bits per heavy atom. The van der Waals surface area contributed by atoms with Crippen LogP contribution in [0.2, 0.25) is 0 Å². The molecule has 1 heterocycles. The van der Waals surface area contributed by atoms with Crippen LogP contribution in [0.3, 0.4) is 0 Å². The number of hydrazine groups is 1. The number of para-hydroxylation sites is 1. The van der Waals surface area contributed by atoms with E-state index in [9.17, 15) is 9.59 Å². The van der Waals surface area contributed by atoms with Crippen molar-refractivity contribution in [1.82, 2.24) is 10.4 Å². The summed E-state index contributed by atoms with van der Waals surface area (Å²) in [5.41, 5.74) is 3.95. The van der Waals surface area contributed by atoms with Crippen LogP contribution in [0.4, 0.5) is 5.69 Å². The van der Waals surface area contributed by atoms with Gasteiger partial charge < -0.3 is 10.1 Å². The Labute approximate surface area is 160 Å². The van der Waals surface area contributed by atoms with Gasteiger partial charge in [0.2, 0.25) is 0 Å². The standard InChI is InChI=1S/C19H20BrN3O3/c1-2-6-17-21-16-10-9-13(20)11-15(16)19(25)23(17)22-18(24)12-26-14-7-4-3-5-8-14/h3-5,7-11,17,21H,2,6,12H2,1H3,(H,22,24). The molecule has 26 heavy (non-hydrogen) atoms. The third-order valence-corrected chi connectivity index (χ3v) is 4.48. The van der Waals surface area contributed by atoms with Crippen LogP contribution < -0.4 is 15.5 Å². The van der Waals surface area contributed by atoms with Gasteiger partial charge in [-0.1, -0.05) is 47.5 Å². The molecule has 0 aliphatic carbocycles. The van der Waals surface area contributed by atoms with Gasteiger partial charge in [-0.3, -0.25) is 15.0 Å². The molecule has 3 rings (SSSR count). The Kier molecular flexibility index (Phi) is 5.78. The Morgan fingerprint density at radius 1 is 1.27 bits per heavy atom. The summed E-state index contributed by atoms with van der Waals surface area (Å²) in [6.45, 7) is 1.86. The molecule has 0 saturated carbocycles. The Balaban J connectivity index is 1.71. The van der Waals surface area contributed by atoms with E-state index in [1.54, 1.807) is 18.2 Å². The summed E-state index contributed by atoms with van der Waals surface area (Å²) < 4.78 is 6.26. The lowest BCUT2D eigenvalue weighted by atomic mass is 10.1. The van der Waals surface area contributed by atoms with Gasteiger partial charge in [-0.15, -0.1) is 0 Å². The molecule has 6 nitrogen and oxygen atoms in total. The Morgan fingerprint density at radius 2 is 2.04 bits per heavy atom. The molecule has 2 aromatic rings. The van der Waals surface area contributed by atoms with Crippen molar-refractivity contribution < 1.29 is 14.3 Å². The lowest BCUT2D eigenvalue weighted by Crippen LogP contribution is -2.58. The zero-order valence-corrected chi connectivity index (χ0v) is 16.0. The van der Waals surface area contributed by atoms with Crippen molar-refractivity contribution in [1.29, 1.82) is 0 Å². The lowest BCUT2D eigenvalue weighted by molar-refractivity contribution is -0.127. The van der Waals surface area contributed by atoms with E-state index in [4.69, 9.17) is 4.74 Å². The average Bonchev–Trinajstić information content (AvgIpc) is 2.65. The first-order valence-corrected chi connectivity index (χ1v) is 9.24. The minimum atomic E-state index is -0.386. The highest BCUT2D eigenvalue weighted by Gasteiger charge is 2.33. The van der Waals surface area contributed by atoms with E-state index >= 15 is 0 Å². The predicted octanol–water partition coefficient (Wildman–Crippen LogP) is 3.55. The second-order valence-corrected chi connectivity index (χ2v) is 6.87. The maximum Gasteiger partial charge on any atom is 0.276 e. The number of rotatable bonds is 6. The van der Waals surface area contributed by atoms with Gasteiger partial charge in [-0.05, 0) is 36.8 Å². The van der Waals surface area contributed by atoms with Crippen LogP contribution in [-0.2, 0) is 4.79 Å². The third kappa shape index (κ3) is 4.16. The van der Waals surface area contributed by atoms with Gasteiger partial charge in [-0.2, -0.15) is 0 Å². The average molecular weight is 418 g/mol. The highest BCUT2D eigenvalue weighted by molar-refractivity contribution is 9.10. The van der Waals surface area contributed by atoms with Crippen molar-refractivity contribution >= 4 is 33.4 Å². The lowest BCUT2D eigenvalue weighted by Gasteiger charge is -2.37. The minimum Gasteiger partial charge on any atom is -0.484 e. The van der Waals surface area contributed by atoms with E-state index in [2.05, 4.69) is 26.7 Å². The smallest absolute Gasteiger partial charge is 0.276 e. The first-order valence-electron chi connectivity index (χ1n) is 8.45. The summed E-state index contributed by atoms with van der Waals surface area (Å²) >= 11 is 3.38. The number of fused-ring (bicyclic) bond motifs is 1. The fourth-order valence-electron chi connectivity index (χ4n) is 2.77. The first kappa shape index (κ1) is 18.3. The van der Waals surface area contributed by atoms with Gasteiger partial charge in [0.25, 0.3) is 11.8 Å². The van der Waals surface area contributed by atoms with E-state index in [-0.39, 0.29) is 24.6 Å². The van der Waals surface area contributed by atoms with Gasteiger partial charge in [0.1, 0.15) is 11.9 Å². The molecule has 2 N–H and O–H groups in total. The topological polar surface area (TPSA) is 70.7 Å². The van der Waals surface area contributed by atoms with Crippen LogP contribution in [0.25, 0.3) is 0 Å². The molecule has 0 spiro atoms. The van der Waals surface area contributed by atoms with Crippen LogP contribution in [0.15, 0.2) is 53.0 Å².